The van der Waals surface area contributed by atoms with Crippen molar-refractivity contribution in [3.8, 4) is 11.5 Å². The van der Waals surface area contributed by atoms with E-state index in [1.165, 1.54) is 12.1 Å². The zero-order valence-electron chi connectivity index (χ0n) is 10.9. The topological polar surface area (TPSA) is 117 Å². The van der Waals surface area contributed by atoms with Crippen LogP contribution >= 0.6 is 0 Å². The Bertz CT molecular complexity index is 546. The second-order valence-corrected chi connectivity index (χ2v) is 4.45. The van der Waals surface area contributed by atoms with Gasteiger partial charge in [0.15, 0.2) is 11.5 Å². The van der Waals surface area contributed by atoms with Crippen LogP contribution in [0.2, 0.25) is 0 Å². The lowest BCUT2D eigenvalue weighted by Crippen LogP contribution is -2.23. The first-order valence-electron chi connectivity index (χ1n) is 6.12. The summed E-state index contributed by atoms with van der Waals surface area (Å²) in [5.41, 5.74) is 5.24. The third-order valence-electron chi connectivity index (χ3n) is 2.99. The van der Waals surface area contributed by atoms with Crippen LogP contribution in [-0.4, -0.2) is 24.2 Å². The number of nitro benzene ring substituents is 1. The Morgan fingerprint density at radius 2 is 2.15 bits per heavy atom. The van der Waals surface area contributed by atoms with Crippen molar-refractivity contribution >= 4 is 17.3 Å². The summed E-state index contributed by atoms with van der Waals surface area (Å²) in [5.74, 6) is 0.0181. The quantitative estimate of drug-likeness (QED) is 0.619. The van der Waals surface area contributed by atoms with Gasteiger partial charge in [0, 0.05) is 12.0 Å². The SMILES string of the molecule is CC(CCN)C(=O)Nc1cc2c(cc1[N+](=O)[O-])OCO2. The van der Waals surface area contributed by atoms with Crippen LogP contribution in [0.25, 0.3) is 0 Å². The van der Waals surface area contributed by atoms with Gasteiger partial charge in [-0.2, -0.15) is 0 Å². The average molecular weight is 281 g/mol. The van der Waals surface area contributed by atoms with Crippen LogP contribution in [0.4, 0.5) is 11.4 Å². The van der Waals surface area contributed by atoms with E-state index in [4.69, 9.17) is 15.2 Å². The highest BCUT2D eigenvalue weighted by Crippen LogP contribution is 2.40. The summed E-state index contributed by atoms with van der Waals surface area (Å²) >= 11 is 0. The standard InChI is InChI=1S/C12H15N3O5/c1-7(2-3-13)12(16)14-8-4-10-11(20-6-19-10)5-9(8)15(17)18/h4-5,7H,2-3,6,13H2,1H3,(H,14,16). The van der Waals surface area contributed by atoms with E-state index in [1.54, 1.807) is 6.92 Å². The van der Waals surface area contributed by atoms with Crippen LogP contribution in [0.5, 0.6) is 11.5 Å². The van der Waals surface area contributed by atoms with E-state index < -0.39 is 4.92 Å². The van der Waals surface area contributed by atoms with Crippen molar-refractivity contribution in [3.63, 3.8) is 0 Å². The molecule has 2 rings (SSSR count). The number of nitrogens with one attached hydrogen (secondary N) is 1. The maximum absolute atomic E-state index is 11.9. The zero-order chi connectivity index (χ0) is 14.7. The number of rotatable bonds is 5. The number of hydrogen-bond acceptors (Lipinski definition) is 6. The summed E-state index contributed by atoms with van der Waals surface area (Å²) in [6.07, 6.45) is 0.504. The predicted molar refractivity (Wildman–Crippen MR) is 70.7 cm³/mol. The molecule has 1 aliphatic rings. The second-order valence-electron chi connectivity index (χ2n) is 4.45. The maximum atomic E-state index is 11.9. The first-order chi connectivity index (χ1) is 9.52. The van der Waals surface area contributed by atoms with Gasteiger partial charge in [0.25, 0.3) is 5.69 Å². The molecule has 0 spiro atoms. The predicted octanol–water partition coefficient (Wildman–Crippen LogP) is 1.25. The summed E-state index contributed by atoms with van der Waals surface area (Å²) in [4.78, 5) is 22.4. The van der Waals surface area contributed by atoms with Crippen molar-refractivity contribution in [2.24, 2.45) is 11.7 Å². The van der Waals surface area contributed by atoms with Gasteiger partial charge in [-0.25, -0.2) is 0 Å². The van der Waals surface area contributed by atoms with Crippen molar-refractivity contribution in [3.05, 3.63) is 22.2 Å². The fraction of sp³-hybridized carbons (Fsp3) is 0.417. The van der Waals surface area contributed by atoms with Crippen LogP contribution in [0.15, 0.2) is 12.1 Å². The molecule has 3 N–H and O–H groups in total. The van der Waals surface area contributed by atoms with Crippen molar-refractivity contribution in [1.29, 1.82) is 0 Å². The van der Waals surface area contributed by atoms with E-state index >= 15 is 0 Å². The number of carbonyl (C=O) groups is 1. The van der Waals surface area contributed by atoms with Gasteiger partial charge in [0.2, 0.25) is 12.7 Å². The van der Waals surface area contributed by atoms with Gasteiger partial charge >= 0.3 is 0 Å². The molecule has 8 heteroatoms. The normalized spacial score (nSPS) is 13.9. The Morgan fingerprint density at radius 1 is 1.50 bits per heavy atom. The van der Waals surface area contributed by atoms with Crippen LogP contribution < -0.4 is 20.5 Å². The number of benzene rings is 1. The Kier molecular flexibility index (Phi) is 4.04. The van der Waals surface area contributed by atoms with Gasteiger partial charge in [-0.3, -0.25) is 14.9 Å². The molecule has 0 radical (unpaired) electrons. The maximum Gasteiger partial charge on any atom is 0.296 e. The van der Waals surface area contributed by atoms with Gasteiger partial charge in [-0.05, 0) is 13.0 Å². The van der Waals surface area contributed by atoms with Gasteiger partial charge < -0.3 is 20.5 Å². The Labute approximate surface area is 115 Å². The van der Waals surface area contributed by atoms with Crippen LogP contribution in [0.1, 0.15) is 13.3 Å². The monoisotopic (exact) mass is 281 g/mol. The first kappa shape index (κ1) is 14.1. The smallest absolute Gasteiger partial charge is 0.296 e. The lowest BCUT2D eigenvalue weighted by molar-refractivity contribution is -0.384. The molecule has 108 valence electrons. The van der Waals surface area contributed by atoms with Gasteiger partial charge in [0.1, 0.15) is 5.69 Å². The Morgan fingerprint density at radius 3 is 2.75 bits per heavy atom. The largest absolute Gasteiger partial charge is 0.454 e. The minimum Gasteiger partial charge on any atom is -0.454 e. The number of ether oxygens (including phenoxy) is 2. The molecule has 0 aliphatic carbocycles. The zero-order valence-corrected chi connectivity index (χ0v) is 10.9. The molecule has 0 saturated heterocycles. The molecule has 1 aromatic rings. The molecule has 1 amide bonds. The summed E-state index contributed by atoms with van der Waals surface area (Å²) in [6.45, 7) is 2.09. The number of amides is 1. The third kappa shape index (κ3) is 2.80. The van der Waals surface area contributed by atoms with Crippen molar-refractivity contribution in [2.75, 3.05) is 18.7 Å². The molecule has 0 aromatic heterocycles. The van der Waals surface area contributed by atoms with Gasteiger partial charge in [0.05, 0.1) is 11.0 Å². The van der Waals surface area contributed by atoms with Crippen molar-refractivity contribution in [1.82, 2.24) is 0 Å². The molecule has 20 heavy (non-hydrogen) atoms. The van der Waals surface area contributed by atoms with Crippen molar-refractivity contribution < 1.29 is 19.2 Å². The highest BCUT2D eigenvalue weighted by molar-refractivity contribution is 5.95. The summed E-state index contributed by atoms with van der Waals surface area (Å²) in [6, 6.07) is 2.64. The van der Waals surface area contributed by atoms with E-state index in [2.05, 4.69) is 5.32 Å². The van der Waals surface area contributed by atoms with Crippen LogP contribution in [0, 0.1) is 16.0 Å². The highest BCUT2D eigenvalue weighted by Gasteiger charge is 2.25. The number of carbonyl (C=O) groups excluding carboxylic acids is 1. The number of nitrogens with zero attached hydrogens (tertiary/aromatic N) is 1. The summed E-state index contributed by atoms with van der Waals surface area (Å²) < 4.78 is 10.2. The fourth-order valence-electron chi connectivity index (χ4n) is 1.82. The lowest BCUT2D eigenvalue weighted by atomic mass is 10.1. The highest BCUT2D eigenvalue weighted by atomic mass is 16.7. The number of nitro groups is 1. The molecule has 1 atom stereocenters. The number of hydrogen-bond donors (Lipinski definition) is 2. The number of nitrogens with two attached hydrogens (primary N) is 1. The molecule has 1 aliphatic heterocycles. The van der Waals surface area contributed by atoms with Crippen LogP contribution in [0.3, 0.4) is 0 Å². The molecule has 1 aromatic carbocycles. The van der Waals surface area contributed by atoms with E-state index in [9.17, 15) is 14.9 Å². The molecule has 8 nitrogen and oxygen atoms in total. The van der Waals surface area contributed by atoms with E-state index in [1.807, 2.05) is 0 Å². The molecule has 0 saturated carbocycles. The molecule has 1 heterocycles. The molecule has 1 unspecified atom stereocenters. The first-order valence-corrected chi connectivity index (χ1v) is 6.12. The number of anilines is 1. The minimum atomic E-state index is -0.578. The molecule has 0 bridgehead atoms. The summed E-state index contributed by atoms with van der Waals surface area (Å²) in [7, 11) is 0. The second kappa shape index (κ2) is 5.74. The van der Waals surface area contributed by atoms with Crippen molar-refractivity contribution in [2.45, 2.75) is 13.3 Å². The van der Waals surface area contributed by atoms with Crippen LogP contribution in [-0.2, 0) is 4.79 Å². The summed E-state index contributed by atoms with van der Waals surface area (Å²) in [5, 5.41) is 13.6. The molecular formula is C12H15N3O5. The fourth-order valence-corrected chi connectivity index (χ4v) is 1.82. The minimum absolute atomic E-state index is 0.00740. The van der Waals surface area contributed by atoms with Gasteiger partial charge in [-0.15, -0.1) is 0 Å². The van der Waals surface area contributed by atoms with E-state index in [0.29, 0.717) is 24.5 Å². The van der Waals surface area contributed by atoms with E-state index in [0.717, 1.165) is 0 Å². The van der Waals surface area contributed by atoms with Gasteiger partial charge in [-0.1, -0.05) is 6.92 Å². The third-order valence-corrected chi connectivity index (χ3v) is 2.99. The van der Waals surface area contributed by atoms with E-state index in [-0.39, 0.29) is 30.0 Å². The molecular weight excluding hydrogens is 266 g/mol. The Balaban J connectivity index is 2.26. The lowest BCUT2D eigenvalue weighted by Gasteiger charge is -2.11. The number of fused-ring (bicyclic) bond motifs is 1. The Hall–Kier alpha value is -2.35. The molecule has 0 fully saturated rings. The average Bonchev–Trinajstić information content (AvgIpc) is 2.84.